The van der Waals surface area contributed by atoms with Crippen LogP contribution in [0.2, 0.25) is 0 Å². The van der Waals surface area contributed by atoms with Crippen molar-refractivity contribution in [2.75, 3.05) is 18.1 Å². The Balaban J connectivity index is 1.61. The summed E-state index contributed by atoms with van der Waals surface area (Å²) in [5.41, 5.74) is 0.271. The van der Waals surface area contributed by atoms with Crippen LogP contribution in [0.5, 0.6) is 0 Å². The molecule has 1 aromatic heterocycles. The molecule has 1 aliphatic heterocycles. The lowest BCUT2D eigenvalue weighted by Crippen LogP contribution is -2.50. The Kier molecular flexibility index (Phi) is 8.25. The van der Waals surface area contributed by atoms with Crippen LogP contribution in [0, 0.1) is 11.8 Å². The molecule has 4 atom stereocenters. The van der Waals surface area contributed by atoms with Gasteiger partial charge in [0.1, 0.15) is 4.88 Å². The third kappa shape index (κ3) is 6.09. The van der Waals surface area contributed by atoms with Crippen LogP contribution >= 0.6 is 11.3 Å². The number of nitrogens with zero attached hydrogens (tertiary/aromatic N) is 1. The fourth-order valence-electron chi connectivity index (χ4n) is 5.73. The number of rotatable bonds is 6. The molecule has 196 valence electrons. The molecule has 2 saturated carbocycles. The highest BCUT2D eigenvalue weighted by Crippen LogP contribution is 2.42. The number of carbonyl (C=O) groups is 2. The van der Waals surface area contributed by atoms with E-state index in [9.17, 15) is 19.8 Å². The highest BCUT2D eigenvalue weighted by molar-refractivity contribution is 7.14. The van der Waals surface area contributed by atoms with E-state index in [0.717, 1.165) is 50.0 Å². The molecule has 0 aromatic carbocycles. The predicted molar refractivity (Wildman–Crippen MR) is 136 cm³/mol. The van der Waals surface area contributed by atoms with Crippen LogP contribution in [-0.2, 0) is 19.7 Å². The first-order chi connectivity index (χ1) is 16.5. The van der Waals surface area contributed by atoms with Crippen LogP contribution in [0.1, 0.15) is 93.6 Å². The van der Waals surface area contributed by atoms with E-state index in [-0.39, 0.29) is 34.4 Å². The van der Waals surface area contributed by atoms with Gasteiger partial charge in [0, 0.05) is 17.5 Å². The molecule has 1 unspecified atom stereocenters. The zero-order valence-corrected chi connectivity index (χ0v) is 22.3. The molecule has 8 heteroatoms. The van der Waals surface area contributed by atoms with E-state index in [1.807, 2.05) is 6.07 Å². The number of carboxylic acid groups (broad SMARTS) is 1. The number of ether oxygens (including phenoxy) is 2. The lowest BCUT2D eigenvalue weighted by atomic mass is 9.79. The van der Waals surface area contributed by atoms with Gasteiger partial charge in [-0.3, -0.25) is 4.79 Å². The second kappa shape index (κ2) is 10.9. The Bertz CT molecular complexity index is 894. The van der Waals surface area contributed by atoms with E-state index in [4.69, 9.17) is 9.47 Å². The summed E-state index contributed by atoms with van der Waals surface area (Å²) in [6.07, 6.45) is 5.83. The van der Waals surface area contributed by atoms with Crippen molar-refractivity contribution >= 4 is 28.9 Å². The van der Waals surface area contributed by atoms with Gasteiger partial charge in [-0.15, -0.1) is 11.3 Å². The second-order valence-electron chi connectivity index (χ2n) is 11.7. The van der Waals surface area contributed by atoms with Gasteiger partial charge in [0.2, 0.25) is 5.91 Å². The number of amides is 1. The third-order valence-electron chi connectivity index (χ3n) is 7.82. The SMILES string of the molecule is C[C@@H]1CC[C@@H](C(=O)N(c2cc(C(C)(C)C)sc2C(=O)O)[C@H]2CC[C@@H](OC3CCOC3)CC2)[C@@H](O)C1. The molecule has 0 spiro atoms. The number of hydrogen-bond donors (Lipinski definition) is 2. The first-order valence-electron chi connectivity index (χ1n) is 13.2. The first kappa shape index (κ1) is 26.6. The van der Waals surface area contributed by atoms with Crippen molar-refractivity contribution in [1.82, 2.24) is 0 Å². The standard InChI is InChI=1S/C27H41NO6S/c1-16-5-10-20(22(29)13-16)25(30)28(21-14-23(27(2,3)4)35-24(21)26(31)32)17-6-8-18(9-7-17)34-19-11-12-33-15-19/h14,16-20,22,29H,5-13,15H2,1-4H3,(H,31,32)/t16-,17-,18+,19?,20-,22+/m1/s1. The van der Waals surface area contributed by atoms with Crippen LogP contribution in [0.4, 0.5) is 5.69 Å². The lowest BCUT2D eigenvalue weighted by Gasteiger charge is -2.41. The van der Waals surface area contributed by atoms with E-state index in [1.54, 1.807) is 4.90 Å². The van der Waals surface area contributed by atoms with Crippen molar-refractivity contribution in [2.45, 2.75) is 109 Å². The van der Waals surface area contributed by atoms with Crippen molar-refractivity contribution < 1.29 is 29.3 Å². The van der Waals surface area contributed by atoms with E-state index in [2.05, 4.69) is 27.7 Å². The summed E-state index contributed by atoms with van der Waals surface area (Å²) >= 11 is 1.26. The highest BCUT2D eigenvalue weighted by atomic mass is 32.1. The number of thiophene rings is 1. The maximum Gasteiger partial charge on any atom is 0.348 e. The average Bonchev–Trinajstić information content (AvgIpc) is 3.45. The molecule has 3 aliphatic rings. The van der Waals surface area contributed by atoms with Gasteiger partial charge in [-0.25, -0.2) is 4.79 Å². The van der Waals surface area contributed by atoms with E-state index in [0.29, 0.717) is 31.1 Å². The summed E-state index contributed by atoms with van der Waals surface area (Å²) in [5, 5.41) is 20.9. The molecule has 2 N–H and O–H groups in total. The Morgan fingerprint density at radius 3 is 2.37 bits per heavy atom. The Morgan fingerprint density at radius 1 is 1.09 bits per heavy atom. The first-order valence-corrected chi connectivity index (χ1v) is 14.0. The van der Waals surface area contributed by atoms with E-state index >= 15 is 0 Å². The number of aromatic carboxylic acids is 1. The molecule has 1 aromatic rings. The molecule has 3 fully saturated rings. The number of hydrogen-bond acceptors (Lipinski definition) is 6. The van der Waals surface area contributed by atoms with Crippen molar-refractivity contribution in [3.05, 3.63) is 15.8 Å². The fraction of sp³-hybridized carbons (Fsp3) is 0.778. The second-order valence-corrected chi connectivity index (χ2v) is 12.8. The molecule has 35 heavy (non-hydrogen) atoms. The summed E-state index contributed by atoms with van der Waals surface area (Å²) in [6.45, 7) is 9.67. The van der Waals surface area contributed by atoms with Gasteiger partial charge in [0.15, 0.2) is 0 Å². The Morgan fingerprint density at radius 2 is 1.80 bits per heavy atom. The molecule has 1 amide bonds. The van der Waals surface area contributed by atoms with Crippen LogP contribution in [0.25, 0.3) is 0 Å². The van der Waals surface area contributed by atoms with Crippen molar-refractivity contribution in [3.8, 4) is 0 Å². The number of aliphatic hydroxyl groups excluding tert-OH is 1. The van der Waals surface area contributed by atoms with Gasteiger partial charge in [-0.05, 0) is 68.8 Å². The maximum atomic E-state index is 14.0. The quantitative estimate of drug-likeness (QED) is 0.563. The van der Waals surface area contributed by atoms with Crippen LogP contribution in [0.3, 0.4) is 0 Å². The number of carboxylic acids is 1. The largest absolute Gasteiger partial charge is 0.477 e. The maximum absolute atomic E-state index is 14.0. The van der Waals surface area contributed by atoms with Crippen molar-refractivity contribution in [2.24, 2.45) is 11.8 Å². The van der Waals surface area contributed by atoms with Gasteiger partial charge < -0.3 is 24.6 Å². The average molecular weight is 508 g/mol. The minimum absolute atomic E-state index is 0.103. The van der Waals surface area contributed by atoms with Gasteiger partial charge >= 0.3 is 5.97 Å². The molecule has 0 bridgehead atoms. The van der Waals surface area contributed by atoms with Gasteiger partial charge in [-0.2, -0.15) is 0 Å². The van der Waals surface area contributed by atoms with Crippen molar-refractivity contribution in [3.63, 3.8) is 0 Å². The summed E-state index contributed by atoms with van der Waals surface area (Å²) in [7, 11) is 0. The summed E-state index contributed by atoms with van der Waals surface area (Å²) in [6, 6.07) is 1.80. The van der Waals surface area contributed by atoms with Crippen LogP contribution in [0.15, 0.2) is 6.07 Å². The van der Waals surface area contributed by atoms with Crippen LogP contribution in [-0.4, -0.2) is 59.7 Å². The van der Waals surface area contributed by atoms with E-state index < -0.39 is 18.0 Å². The summed E-state index contributed by atoms with van der Waals surface area (Å²) < 4.78 is 11.7. The topological polar surface area (TPSA) is 96.3 Å². The van der Waals surface area contributed by atoms with Gasteiger partial charge in [0.05, 0.1) is 36.5 Å². The number of aliphatic hydroxyl groups is 1. The molecule has 2 aliphatic carbocycles. The molecule has 7 nitrogen and oxygen atoms in total. The lowest BCUT2D eigenvalue weighted by molar-refractivity contribution is -0.129. The third-order valence-corrected chi connectivity index (χ3v) is 9.36. The zero-order valence-electron chi connectivity index (χ0n) is 21.5. The monoisotopic (exact) mass is 507 g/mol. The number of carbonyl (C=O) groups excluding carboxylic acids is 1. The fourth-order valence-corrected chi connectivity index (χ4v) is 6.77. The van der Waals surface area contributed by atoms with Crippen LogP contribution < -0.4 is 4.90 Å². The van der Waals surface area contributed by atoms with Gasteiger partial charge in [-0.1, -0.05) is 27.7 Å². The molecule has 1 saturated heterocycles. The normalized spacial score (nSPS) is 31.9. The summed E-state index contributed by atoms with van der Waals surface area (Å²) in [4.78, 5) is 29.2. The number of anilines is 1. The van der Waals surface area contributed by atoms with Gasteiger partial charge in [0.25, 0.3) is 0 Å². The minimum atomic E-state index is -1.01. The Labute approximate surface area is 212 Å². The van der Waals surface area contributed by atoms with E-state index in [1.165, 1.54) is 11.3 Å². The zero-order chi connectivity index (χ0) is 25.3. The van der Waals surface area contributed by atoms with Crippen molar-refractivity contribution in [1.29, 1.82) is 0 Å². The molecular weight excluding hydrogens is 466 g/mol. The molecule has 0 radical (unpaired) electrons. The highest BCUT2D eigenvalue weighted by Gasteiger charge is 2.41. The predicted octanol–water partition coefficient (Wildman–Crippen LogP) is 4.99. The molecular formula is C27H41NO6S. The molecule has 2 heterocycles. The Hall–Kier alpha value is -1.48. The molecule has 4 rings (SSSR count). The smallest absolute Gasteiger partial charge is 0.348 e. The summed E-state index contributed by atoms with van der Waals surface area (Å²) in [5.74, 6) is -1.23. The minimum Gasteiger partial charge on any atom is -0.477 e.